The molecule has 0 saturated carbocycles. The Kier molecular flexibility index (Phi) is 5.37. The molecule has 7 heteroatoms. The maximum Gasteiger partial charge on any atom is 0.233 e. The molecule has 6 nitrogen and oxygen atoms in total. The number of amides is 1. The van der Waals surface area contributed by atoms with E-state index in [-0.39, 0.29) is 11.2 Å². The summed E-state index contributed by atoms with van der Waals surface area (Å²) in [7, 11) is 1.63. The molecule has 3 rings (SSSR count). The zero-order valence-electron chi connectivity index (χ0n) is 15.2. The lowest BCUT2D eigenvalue weighted by atomic mass is 10.1. The van der Waals surface area contributed by atoms with E-state index in [4.69, 9.17) is 0 Å². The Labute approximate surface area is 157 Å². The highest BCUT2D eigenvalue weighted by Crippen LogP contribution is 2.31. The summed E-state index contributed by atoms with van der Waals surface area (Å²) in [5.74, 6) is 0.605. The van der Waals surface area contributed by atoms with E-state index in [2.05, 4.69) is 52.5 Å². The highest BCUT2D eigenvalue weighted by molar-refractivity contribution is 8.00. The number of thioether (sulfide) groups is 1. The Hall–Kier alpha value is -2.67. The molecule has 1 amide bonds. The van der Waals surface area contributed by atoms with Gasteiger partial charge in [0.2, 0.25) is 5.91 Å². The average Bonchev–Trinajstić information content (AvgIpc) is 3.05. The molecule has 0 aliphatic rings. The third-order valence-corrected chi connectivity index (χ3v) is 5.06. The molecule has 0 saturated heterocycles. The van der Waals surface area contributed by atoms with Crippen molar-refractivity contribution in [1.82, 2.24) is 25.1 Å². The summed E-state index contributed by atoms with van der Waals surface area (Å²) in [6.45, 7) is 5.97. The van der Waals surface area contributed by atoms with Crippen LogP contribution in [-0.4, -0.2) is 38.0 Å². The number of aryl methyl sites for hydroxylation is 2. The molecule has 3 aromatic rings. The number of hydrogen-bond donors (Lipinski definition) is 1. The summed E-state index contributed by atoms with van der Waals surface area (Å²) in [6, 6.07) is 11.9. The van der Waals surface area contributed by atoms with E-state index in [1.807, 2.05) is 29.7 Å². The van der Waals surface area contributed by atoms with Crippen LogP contribution >= 0.6 is 11.8 Å². The standard InChI is InChI=1S/C19H21N5OS/c1-12-8-9-16(13(2)11-12)24-17(15-7-5-6-10-21-15)22-23-19(24)26-14(3)18(25)20-4/h5-11,14H,1-4H3,(H,20,25)/t14-/m1/s1. The topological polar surface area (TPSA) is 72.7 Å². The largest absolute Gasteiger partial charge is 0.358 e. The van der Waals surface area contributed by atoms with Gasteiger partial charge >= 0.3 is 0 Å². The molecule has 0 radical (unpaired) electrons. The number of pyridine rings is 1. The highest BCUT2D eigenvalue weighted by atomic mass is 32.2. The van der Waals surface area contributed by atoms with E-state index in [0.29, 0.717) is 11.0 Å². The number of carbonyl (C=O) groups excluding carboxylic acids is 1. The Bertz CT molecular complexity index is 923. The van der Waals surface area contributed by atoms with E-state index in [9.17, 15) is 4.79 Å². The van der Waals surface area contributed by atoms with Crippen LogP contribution in [0.15, 0.2) is 47.8 Å². The van der Waals surface area contributed by atoms with Crippen molar-refractivity contribution in [3.63, 3.8) is 0 Å². The number of benzene rings is 1. The van der Waals surface area contributed by atoms with Gasteiger partial charge in [0.05, 0.1) is 10.9 Å². The number of aromatic nitrogens is 4. The van der Waals surface area contributed by atoms with Crippen molar-refractivity contribution in [2.45, 2.75) is 31.2 Å². The van der Waals surface area contributed by atoms with Crippen molar-refractivity contribution >= 4 is 17.7 Å². The smallest absolute Gasteiger partial charge is 0.233 e. The van der Waals surface area contributed by atoms with Crippen LogP contribution in [-0.2, 0) is 4.79 Å². The zero-order valence-corrected chi connectivity index (χ0v) is 16.0. The fourth-order valence-corrected chi connectivity index (χ4v) is 3.61. The molecular formula is C19H21N5OS. The Morgan fingerprint density at radius 1 is 1.19 bits per heavy atom. The first kappa shape index (κ1) is 18.1. The van der Waals surface area contributed by atoms with Gasteiger partial charge in [-0.2, -0.15) is 0 Å². The molecule has 0 spiro atoms. The number of carbonyl (C=O) groups is 1. The minimum absolute atomic E-state index is 0.0513. The fraction of sp³-hybridized carbons (Fsp3) is 0.263. The van der Waals surface area contributed by atoms with Crippen LogP contribution in [0.1, 0.15) is 18.1 Å². The van der Waals surface area contributed by atoms with E-state index >= 15 is 0 Å². The van der Waals surface area contributed by atoms with Crippen LogP contribution in [0.2, 0.25) is 0 Å². The van der Waals surface area contributed by atoms with Gasteiger partial charge in [0.1, 0.15) is 5.69 Å². The Morgan fingerprint density at radius 3 is 2.65 bits per heavy atom. The summed E-state index contributed by atoms with van der Waals surface area (Å²) in [5, 5.41) is 11.8. The normalized spacial score (nSPS) is 12.0. The summed E-state index contributed by atoms with van der Waals surface area (Å²) in [4.78, 5) is 16.4. The third kappa shape index (κ3) is 3.62. The van der Waals surface area contributed by atoms with Gasteiger partial charge in [-0.3, -0.25) is 14.3 Å². The fourth-order valence-electron chi connectivity index (χ4n) is 2.70. The van der Waals surface area contributed by atoms with E-state index in [1.165, 1.54) is 17.3 Å². The van der Waals surface area contributed by atoms with Crippen LogP contribution in [0, 0.1) is 13.8 Å². The van der Waals surface area contributed by atoms with Crippen molar-refractivity contribution in [2.24, 2.45) is 0 Å². The SMILES string of the molecule is CNC(=O)[C@@H](C)Sc1nnc(-c2ccccn2)n1-c1ccc(C)cc1C. The molecule has 0 bridgehead atoms. The molecule has 1 N–H and O–H groups in total. The van der Waals surface area contributed by atoms with Crippen molar-refractivity contribution in [1.29, 1.82) is 0 Å². The first-order chi connectivity index (χ1) is 12.5. The van der Waals surface area contributed by atoms with Gasteiger partial charge in [0.25, 0.3) is 0 Å². The molecule has 2 aromatic heterocycles. The molecular weight excluding hydrogens is 346 g/mol. The number of rotatable bonds is 5. The van der Waals surface area contributed by atoms with Crippen LogP contribution in [0.4, 0.5) is 0 Å². The maximum absolute atomic E-state index is 12.0. The first-order valence-corrected chi connectivity index (χ1v) is 9.22. The Balaban J connectivity index is 2.14. The van der Waals surface area contributed by atoms with Crippen LogP contribution < -0.4 is 5.32 Å². The van der Waals surface area contributed by atoms with Crippen molar-refractivity contribution < 1.29 is 4.79 Å². The molecule has 0 fully saturated rings. The van der Waals surface area contributed by atoms with E-state index < -0.39 is 0 Å². The average molecular weight is 367 g/mol. The van der Waals surface area contributed by atoms with Gasteiger partial charge < -0.3 is 5.32 Å². The number of hydrogen-bond acceptors (Lipinski definition) is 5. The second-order valence-corrected chi connectivity index (χ2v) is 7.33. The molecule has 0 aliphatic carbocycles. The molecule has 134 valence electrons. The summed E-state index contributed by atoms with van der Waals surface area (Å²) in [6.07, 6.45) is 1.73. The molecule has 2 heterocycles. The van der Waals surface area contributed by atoms with Gasteiger partial charge in [0.15, 0.2) is 11.0 Å². The van der Waals surface area contributed by atoms with E-state index in [1.54, 1.807) is 13.2 Å². The molecule has 1 atom stereocenters. The Morgan fingerprint density at radius 2 is 2.00 bits per heavy atom. The minimum atomic E-state index is -0.287. The molecule has 1 aromatic carbocycles. The van der Waals surface area contributed by atoms with Crippen LogP contribution in [0.5, 0.6) is 0 Å². The maximum atomic E-state index is 12.0. The molecule has 0 unspecified atom stereocenters. The monoisotopic (exact) mass is 367 g/mol. The minimum Gasteiger partial charge on any atom is -0.358 e. The predicted octanol–water partition coefficient (Wildman–Crippen LogP) is 3.17. The predicted molar refractivity (Wildman–Crippen MR) is 103 cm³/mol. The van der Waals surface area contributed by atoms with Gasteiger partial charge in [-0.05, 0) is 44.5 Å². The highest BCUT2D eigenvalue weighted by Gasteiger charge is 2.22. The zero-order chi connectivity index (χ0) is 18.7. The number of nitrogens with zero attached hydrogens (tertiary/aromatic N) is 4. The molecule has 26 heavy (non-hydrogen) atoms. The van der Waals surface area contributed by atoms with Crippen molar-refractivity contribution in [3.05, 3.63) is 53.7 Å². The van der Waals surface area contributed by atoms with Gasteiger partial charge in [-0.15, -0.1) is 10.2 Å². The van der Waals surface area contributed by atoms with E-state index in [0.717, 1.165) is 16.9 Å². The number of nitrogens with one attached hydrogen (secondary N) is 1. The van der Waals surface area contributed by atoms with Crippen LogP contribution in [0.3, 0.4) is 0 Å². The lowest BCUT2D eigenvalue weighted by molar-refractivity contribution is -0.119. The quantitative estimate of drug-likeness (QED) is 0.701. The molecule has 0 aliphatic heterocycles. The van der Waals surface area contributed by atoms with Crippen molar-refractivity contribution in [3.8, 4) is 17.2 Å². The second-order valence-electron chi connectivity index (χ2n) is 6.02. The second kappa shape index (κ2) is 7.70. The van der Waals surface area contributed by atoms with Gasteiger partial charge in [0, 0.05) is 13.2 Å². The van der Waals surface area contributed by atoms with Gasteiger partial charge in [-0.1, -0.05) is 35.5 Å². The van der Waals surface area contributed by atoms with Crippen molar-refractivity contribution in [2.75, 3.05) is 7.05 Å². The lowest BCUT2D eigenvalue weighted by Gasteiger charge is -2.15. The third-order valence-electron chi connectivity index (χ3n) is 4.02. The first-order valence-electron chi connectivity index (χ1n) is 8.34. The van der Waals surface area contributed by atoms with Gasteiger partial charge in [-0.25, -0.2) is 0 Å². The summed E-state index contributed by atoms with van der Waals surface area (Å²) < 4.78 is 1.97. The summed E-state index contributed by atoms with van der Waals surface area (Å²) in [5.41, 5.74) is 4.01. The lowest BCUT2D eigenvalue weighted by Crippen LogP contribution is -2.27. The van der Waals surface area contributed by atoms with Crippen LogP contribution in [0.25, 0.3) is 17.2 Å². The summed E-state index contributed by atoms with van der Waals surface area (Å²) >= 11 is 1.38.